The highest BCUT2D eigenvalue weighted by Gasteiger charge is 2.15. The molecule has 0 heterocycles. The van der Waals surface area contributed by atoms with Crippen molar-refractivity contribution in [3.05, 3.63) is 65.7 Å². The molecule has 0 aromatic heterocycles. The van der Waals surface area contributed by atoms with E-state index in [1.54, 1.807) is 0 Å². The van der Waals surface area contributed by atoms with Crippen LogP contribution >= 0.6 is 0 Å². The van der Waals surface area contributed by atoms with Crippen molar-refractivity contribution in [2.24, 2.45) is 0 Å². The Hall–Kier alpha value is -1.89. The predicted octanol–water partition coefficient (Wildman–Crippen LogP) is 4.98. The van der Waals surface area contributed by atoms with Crippen molar-refractivity contribution in [2.45, 2.75) is 39.7 Å². The summed E-state index contributed by atoms with van der Waals surface area (Å²) in [5, 5.41) is 0. The van der Waals surface area contributed by atoms with E-state index in [1.807, 2.05) is 0 Å². The molecule has 0 unspecified atom stereocenters. The van der Waals surface area contributed by atoms with Gasteiger partial charge in [0.1, 0.15) is 0 Å². The Balaban J connectivity index is 2.50. The van der Waals surface area contributed by atoms with E-state index < -0.39 is 0 Å². The van der Waals surface area contributed by atoms with E-state index in [2.05, 4.69) is 93.1 Å². The molecule has 0 saturated heterocycles. The molecule has 0 aliphatic carbocycles. The topological polar surface area (TPSA) is 3.01 Å². The van der Waals surface area contributed by atoms with Crippen molar-refractivity contribution in [2.75, 3.05) is 0 Å². The average Bonchev–Trinajstić information content (AvgIpc) is 2.45. The number of para-hydroxylation sites is 1. The third-order valence-electron chi connectivity index (χ3n) is 3.51. The van der Waals surface area contributed by atoms with Gasteiger partial charge in [-0.2, -0.15) is 4.58 Å². The second-order valence-corrected chi connectivity index (χ2v) is 5.75. The fourth-order valence-corrected chi connectivity index (χ4v) is 2.43. The van der Waals surface area contributed by atoms with Crippen LogP contribution in [0, 0.1) is 0 Å². The van der Waals surface area contributed by atoms with Crippen molar-refractivity contribution in [3.8, 4) is 0 Å². The lowest BCUT2D eigenvalue weighted by atomic mass is 9.98. The fourth-order valence-electron chi connectivity index (χ4n) is 2.43. The van der Waals surface area contributed by atoms with Crippen LogP contribution in [0.2, 0.25) is 0 Å². The van der Waals surface area contributed by atoms with Gasteiger partial charge in [-0.05, 0) is 31.4 Å². The van der Waals surface area contributed by atoms with Gasteiger partial charge in [-0.25, -0.2) is 0 Å². The number of hydrogen-bond acceptors (Lipinski definition) is 0. The summed E-state index contributed by atoms with van der Waals surface area (Å²) in [6, 6.07) is 19.6. The normalized spacial score (nSPS) is 12.2. The van der Waals surface area contributed by atoms with Gasteiger partial charge in [-0.1, -0.05) is 50.2 Å². The van der Waals surface area contributed by atoms with Gasteiger partial charge in [-0.15, -0.1) is 0 Å². The summed E-state index contributed by atoms with van der Waals surface area (Å²) in [6.45, 7) is 8.94. The van der Waals surface area contributed by atoms with Crippen LogP contribution < -0.4 is 0 Å². The fraction of sp³-hybridized carbons (Fsp3) is 0.316. The smallest absolute Gasteiger partial charge is 0.196 e. The minimum atomic E-state index is 0.428. The van der Waals surface area contributed by atoms with E-state index in [0.29, 0.717) is 12.0 Å². The van der Waals surface area contributed by atoms with Crippen LogP contribution in [-0.4, -0.2) is 16.8 Å². The molecule has 2 rings (SSSR count). The Morgan fingerprint density at radius 3 is 2.00 bits per heavy atom. The molecule has 0 atom stereocenters. The number of hydrogen-bond donors (Lipinski definition) is 0. The van der Waals surface area contributed by atoms with Crippen LogP contribution in [0.1, 0.15) is 44.7 Å². The quantitative estimate of drug-likeness (QED) is 0.542. The first kappa shape index (κ1) is 14.5. The summed E-state index contributed by atoms with van der Waals surface area (Å²) < 4.78 is 2.33. The van der Waals surface area contributed by atoms with E-state index in [0.717, 1.165) is 0 Å². The van der Waals surface area contributed by atoms with E-state index in [-0.39, 0.29) is 0 Å². The Kier molecular flexibility index (Phi) is 4.73. The molecule has 1 nitrogen and oxygen atoms in total. The standard InChI is InChI=1S/C19H24N/c1-15(2)19-13-9-8-10-17(19)14-20(16(3)4)18-11-6-5-7-12-18/h5-16H,1-4H3/q+1. The molecule has 2 aromatic rings. The lowest BCUT2D eigenvalue weighted by Gasteiger charge is -2.11. The van der Waals surface area contributed by atoms with Gasteiger partial charge in [0.15, 0.2) is 12.3 Å². The number of benzene rings is 2. The van der Waals surface area contributed by atoms with Gasteiger partial charge < -0.3 is 0 Å². The molecule has 0 N–H and O–H groups in total. The maximum Gasteiger partial charge on any atom is 0.205 e. The van der Waals surface area contributed by atoms with Gasteiger partial charge in [0.2, 0.25) is 5.69 Å². The zero-order valence-electron chi connectivity index (χ0n) is 12.9. The summed E-state index contributed by atoms with van der Waals surface area (Å²) in [5.74, 6) is 0.534. The van der Waals surface area contributed by atoms with Crippen molar-refractivity contribution in [1.29, 1.82) is 0 Å². The van der Waals surface area contributed by atoms with Crippen molar-refractivity contribution < 1.29 is 4.58 Å². The molecule has 2 aromatic carbocycles. The van der Waals surface area contributed by atoms with Gasteiger partial charge in [0.05, 0.1) is 0 Å². The maximum atomic E-state index is 2.33. The highest BCUT2D eigenvalue weighted by atomic mass is 15.0. The highest BCUT2D eigenvalue weighted by Crippen LogP contribution is 2.19. The van der Waals surface area contributed by atoms with E-state index in [1.165, 1.54) is 16.8 Å². The number of nitrogens with zero attached hydrogens (tertiary/aromatic N) is 1. The average molecular weight is 266 g/mol. The molecule has 0 amide bonds. The molecule has 104 valence electrons. The summed E-state index contributed by atoms with van der Waals surface area (Å²) in [5.41, 5.74) is 3.94. The lowest BCUT2D eigenvalue weighted by Crippen LogP contribution is -2.17. The second kappa shape index (κ2) is 6.51. The zero-order valence-corrected chi connectivity index (χ0v) is 12.9. The van der Waals surface area contributed by atoms with Crippen molar-refractivity contribution in [3.63, 3.8) is 0 Å². The summed E-state index contributed by atoms with van der Waals surface area (Å²) in [6.07, 6.45) is 2.27. The van der Waals surface area contributed by atoms with Crippen molar-refractivity contribution in [1.82, 2.24) is 0 Å². The molecule has 1 heteroatoms. The molecule has 0 aliphatic heterocycles. The molecule has 0 spiro atoms. The van der Waals surface area contributed by atoms with Crippen LogP contribution in [0.3, 0.4) is 0 Å². The molecule has 0 fully saturated rings. The molecule has 0 bridgehead atoms. The van der Waals surface area contributed by atoms with Crippen LogP contribution in [0.25, 0.3) is 0 Å². The van der Waals surface area contributed by atoms with Crippen LogP contribution in [-0.2, 0) is 0 Å². The van der Waals surface area contributed by atoms with E-state index in [9.17, 15) is 0 Å². The van der Waals surface area contributed by atoms with Crippen LogP contribution in [0.5, 0.6) is 0 Å². The van der Waals surface area contributed by atoms with Gasteiger partial charge in [0.25, 0.3) is 0 Å². The Morgan fingerprint density at radius 1 is 0.800 bits per heavy atom. The molecule has 0 radical (unpaired) electrons. The van der Waals surface area contributed by atoms with Crippen LogP contribution in [0.15, 0.2) is 54.6 Å². The largest absolute Gasteiger partial charge is 0.205 e. The molecule has 20 heavy (non-hydrogen) atoms. The van der Waals surface area contributed by atoms with E-state index >= 15 is 0 Å². The van der Waals surface area contributed by atoms with Crippen LogP contribution in [0.4, 0.5) is 5.69 Å². The van der Waals surface area contributed by atoms with Gasteiger partial charge in [0, 0.05) is 17.7 Å². The first-order chi connectivity index (χ1) is 9.59. The second-order valence-electron chi connectivity index (χ2n) is 5.75. The predicted molar refractivity (Wildman–Crippen MR) is 87.2 cm³/mol. The third-order valence-corrected chi connectivity index (χ3v) is 3.51. The Morgan fingerprint density at radius 2 is 1.40 bits per heavy atom. The lowest BCUT2D eigenvalue weighted by molar-refractivity contribution is -0.470. The zero-order chi connectivity index (χ0) is 14.5. The third kappa shape index (κ3) is 3.36. The van der Waals surface area contributed by atoms with E-state index in [4.69, 9.17) is 0 Å². The van der Waals surface area contributed by atoms with Gasteiger partial charge >= 0.3 is 0 Å². The Bertz CT molecular complexity index is 580. The van der Waals surface area contributed by atoms with Crippen molar-refractivity contribution >= 4 is 11.9 Å². The maximum absolute atomic E-state index is 2.33. The SMILES string of the molecule is CC(C)c1ccccc1C=[N+](c1ccccc1)C(C)C. The molecular formula is C19H24N+. The molecule has 0 aliphatic rings. The minimum absolute atomic E-state index is 0.428. The summed E-state index contributed by atoms with van der Waals surface area (Å²) in [7, 11) is 0. The van der Waals surface area contributed by atoms with Gasteiger partial charge in [-0.3, -0.25) is 0 Å². The first-order valence-corrected chi connectivity index (χ1v) is 7.36. The summed E-state index contributed by atoms with van der Waals surface area (Å²) >= 11 is 0. The highest BCUT2D eigenvalue weighted by molar-refractivity contribution is 5.79. The molecular weight excluding hydrogens is 242 g/mol. The minimum Gasteiger partial charge on any atom is -0.196 e. The first-order valence-electron chi connectivity index (χ1n) is 7.36. The Labute approximate surface area is 122 Å². The summed E-state index contributed by atoms with van der Waals surface area (Å²) in [4.78, 5) is 0. The number of rotatable bonds is 4. The molecule has 0 saturated carbocycles. The monoisotopic (exact) mass is 266 g/mol.